The van der Waals surface area contributed by atoms with Gasteiger partial charge in [-0.2, -0.15) is 0 Å². The molecular formula is C57H40N6. The van der Waals surface area contributed by atoms with E-state index in [9.17, 15) is 0 Å². The Morgan fingerprint density at radius 3 is 1.57 bits per heavy atom. The minimum absolute atomic E-state index is 0.622. The first-order valence-electron chi connectivity index (χ1n) is 21.1. The molecule has 0 fully saturated rings. The zero-order valence-corrected chi connectivity index (χ0v) is 34.6. The molecule has 6 heteroatoms. The highest BCUT2D eigenvalue weighted by molar-refractivity contribution is 6.10. The lowest BCUT2D eigenvalue weighted by Gasteiger charge is -2.13. The minimum Gasteiger partial charge on any atom is -0.294 e. The van der Waals surface area contributed by atoms with E-state index in [1.54, 1.807) is 0 Å². The van der Waals surface area contributed by atoms with Gasteiger partial charge in [-0.1, -0.05) is 176 Å². The van der Waals surface area contributed by atoms with Gasteiger partial charge in [0.15, 0.2) is 5.82 Å². The number of para-hydroxylation sites is 1. The van der Waals surface area contributed by atoms with Crippen LogP contribution >= 0.6 is 0 Å². The molecule has 0 spiro atoms. The lowest BCUT2D eigenvalue weighted by atomic mass is 10.0. The second kappa shape index (κ2) is 15.8. The average Bonchev–Trinajstić information content (AvgIpc) is 3.86. The summed E-state index contributed by atoms with van der Waals surface area (Å²) in [6, 6.07) is 67.2. The van der Waals surface area contributed by atoms with Crippen LogP contribution < -0.4 is 0 Å². The molecule has 0 aliphatic rings. The van der Waals surface area contributed by atoms with Gasteiger partial charge in [0.2, 0.25) is 5.95 Å². The Morgan fingerprint density at radius 1 is 0.413 bits per heavy atom. The SMILES string of the molecule is C=Cc1c(/C=C\C)n(-c2cc(-c3ccccc3)nc(-c3ccccc3)n2)c2cc(-c3ccc4c(c3)c3ccccc3n4-c3nc(-c4ccccc4)cc(-c4ccccc4)n3)ccc12. The van der Waals surface area contributed by atoms with Crippen LogP contribution in [0.15, 0.2) is 207 Å². The largest absolute Gasteiger partial charge is 0.294 e. The fourth-order valence-electron chi connectivity index (χ4n) is 8.73. The second-order valence-electron chi connectivity index (χ2n) is 15.5. The molecule has 11 aromatic rings. The van der Waals surface area contributed by atoms with Gasteiger partial charge in [0.1, 0.15) is 5.82 Å². The van der Waals surface area contributed by atoms with Crippen LogP contribution in [0.5, 0.6) is 0 Å². The first kappa shape index (κ1) is 37.5. The Hall–Kier alpha value is -8.48. The van der Waals surface area contributed by atoms with Gasteiger partial charge in [-0.15, -0.1) is 0 Å². The molecular weight excluding hydrogens is 769 g/mol. The van der Waals surface area contributed by atoms with Gasteiger partial charge in [-0.05, 0) is 54.5 Å². The third-order valence-corrected chi connectivity index (χ3v) is 11.7. The van der Waals surface area contributed by atoms with Crippen LogP contribution in [0, 0.1) is 0 Å². The monoisotopic (exact) mass is 808 g/mol. The van der Waals surface area contributed by atoms with Gasteiger partial charge in [-0.25, -0.2) is 19.9 Å². The van der Waals surface area contributed by atoms with E-state index in [1.165, 1.54) is 0 Å². The Bertz CT molecular complexity index is 3400. The van der Waals surface area contributed by atoms with Crippen molar-refractivity contribution in [1.29, 1.82) is 0 Å². The summed E-state index contributed by atoms with van der Waals surface area (Å²) in [5.41, 5.74) is 13.9. The van der Waals surface area contributed by atoms with Gasteiger partial charge in [0.05, 0.1) is 39.3 Å². The van der Waals surface area contributed by atoms with Crippen LogP contribution in [-0.4, -0.2) is 29.1 Å². The third-order valence-electron chi connectivity index (χ3n) is 11.7. The summed E-state index contributed by atoms with van der Waals surface area (Å²) in [5.74, 6) is 2.06. The molecule has 0 aliphatic carbocycles. The number of aromatic nitrogens is 6. The molecule has 11 rings (SSSR count). The van der Waals surface area contributed by atoms with E-state index in [-0.39, 0.29) is 0 Å². The number of fused-ring (bicyclic) bond motifs is 4. The van der Waals surface area contributed by atoms with Crippen molar-refractivity contribution in [3.8, 4) is 68.1 Å². The summed E-state index contributed by atoms with van der Waals surface area (Å²) >= 11 is 0. The molecule has 298 valence electrons. The molecule has 4 aromatic heterocycles. The summed E-state index contributed by atoms with van der Waals surface area (Å²) in [7, 11) is 0. The van der Waals surface area contributed by atoms with Crippen molar-refractivity contribution < 1.29 is 0 Å². The molecule has 6 nitrogen and oxygen atoms in total. The van der Waals surface area contributed by atoms with Crippen molar-refractivity contribution in [2.75, 3.05) is 0 Å². The minimum atomic E-state index is 0.622. The van der Waals surface area contributed by atoms with Crippen LogP contribution in [-0.2, 0) is 0 Å². The van der Waals surface area contributed by atoms with Crippen molar-refractivity contribution in [2.45, 2.75) is 6.92 Å². The van der Waals surface area contributed by atoms with E-state index < -0.39 is 0 Å². The summed E-state index contributed by atoms with van der Waals surface area (Å²) in [6.45, 7) is 6.33. The number of rotatable bonds is 9. The number of hydrogen-bond acceptors (Lipinski definition) is 4. The van der Waals surface area contributed by atoms with Crippen LogP contribution in [0.3, 0.4) is 0 Å². The maximum Gasteiger partial charge on any atom is 0.235 e. The molecule has 0 aliphatic heterocycles. The molecule has 0 saturated carbocycles. The standard InChI is InChI=1S/C57H40N6/c1-3-19-51-44(4-2)46-32-30-43(35-54(46)62(51)55-37-50(40-24-13-7-14-25-40)58-56(61-55)41-26-15-8-16-27-41)42-31-33-53-47(34-42)45-28-17-18-29-52(45)63(53)57-59-48(38-20-9-5-10-21-38)36-49(60-57)39-22-11-6-12-23-39/h3-37H,2H2,1H3/b19-3-. The first-order valence-corrected chi connectivity index (χ1v) is 21.1. The third kappa shape index (κ3) is 6.71. The Morgan fingerprint density at radius 2 is 0.952 bits per heavy atom. The lowest BCUT2D eigenvalue weighted by molar-refractivity contribution is 0.995. The normalized spacial score (nSPS) is 11.6. The Kier molecular flexibility index (Phi) is 9.44. The number of hydrogen-bond donors (Lipinski definition) is 0. The van der Waals surface area contributed by atoms with Crippen molar-refractivity contribution in [3.05, 3.63) is 218 Å². The highest BCUT2D eigenvalue weighted by Crippen LogP contribution is 2.39. The van der Waals surface area contributed by atoms with E-state index in [1.807, 2.05) is 85.8 Å². The van der Waals surface area contributed by atoms with Crippen molar-refractivity contribution >= 4 is 44.9 Å². The van der Waals surface area contributed by atoms with Gasteiger partial charge in [0, 0.05) is 50.0 Å². The molecule has 0 N–H and O–H groups in total. The zero-order chi connectivity index (χ0) is 42.3. The summed E-state index contributed by atoms with van der Waals surface area (Å²) < 4.78 is 4.45. The van der Waals surface area contributed by atoms with Gasteiger partial charge < -0.3 is 0 Å². The molecule has 0 saturated heterocycles. The van der Waals surface area contributed by atoms with Crippen molar-refractivity contribution in [2.24, 2.45) is 0 Å². The zero-order valence-electron chi connectivity index (χ0n) is 34.6. The fourth-order valence-corrected chi connectivity index (χ4v) is 8.73. The maximum absolute atomic E-state index is 5.27. The first-order chi connectivity index (χ1) is 31.1. The van der Waals surface area contributed by atoms with Gasteiger partial charge in [0.25, 0.3) is 0 Å². The van der Waals surface area contributed by atoms with E-state index in [4.69, 9.17) is 19.9 Å². The average molecular weight is 809 g/mol. The van der Waals surface area contributed by atoms with Crippen LogP contribution in [0.25, 0.3) is 113 Å². The molecule has 4 heterocycles. The van der Waals surface area contributed by atoms with Crippen LogP contribution in [0.4, 0.5) is 0 Å². The predicted molar refractivity (Wildman–Crippen MR) is 261 cm³/mol. The quantitative estimate of drug-likeness (QED) is 0.146. The molecule has 0 unspecified atom stereocenters. The smallest absolute Gasteiger partial charge is 0.235 e. The van der Waals surface area contributed by atoms with Crippen molar-refractivity contribution in [1.82, 2.24) is 29.1 Å². The van der Waals surface area contributed by atoms with Gasteiger partial charge >= 0.3 is 0 Å². The fraction of sp³-hybridized carbons (Fsp3) is 0.0175. The predicted octanol–water partition coefficient (Wildman–Crippen LogP) is 14.3. The van der Waals surface area contributed by atoms with E-state index in [2.05, 4.69) is 149 Å². The van der Waals surface area contributed by atoms with Crippen LogP contribution in [0.1, 0.15) is 18.2 Å². The molecule has 0 atom stereocenters. The summed E-state index contributed by atoms with van der Waals surface area (Å²) in [5, 5.41) is 3.33. The van der Waals surface area contributed by atoms with E-state index in [0.29, 0.717) is 11.8 Å². The maximum atomic E-state index is 5.27. The molecule has 0 bridgehead atoms. The molecule has 63 heavy (non-hydrogen) atoms. The van der Waals surface area contributed by atoms with E-state index >= 15 is 0 Å². The molecule has 7 aromatic carbocycles. The van der Waals surface area contributed by atoms with Gasteiger partial charge in [-0.3, -0.25) is 9.13 Å². The highest BCUT2D eigenvalue weighted by Gasteiger charge is 2.21. The molecule has 0 radical (unpaired) electrons. The number of nitrogens with zero attached hydrogens (tertiary/aromatic N) is 6. The number of allylic oxidation sites excluding steroid dienone is 1. The van der Waals surface area contributed by atoms with Crippen LogP contribution in [0.2, 0.25) is 0 Å². The molecule has 0 amide bonds. The Balaban J connectivity index is 1.11. The van der Waals surface area contributed by atoms with E-state index in [0.717, 1.165) is 100 Å². The van der Waals surface area contributed by atoms with Crippen molar-refractivity contribution in [3.63, 3.8) is 0 Å². The second-order valence-corrected chi connectivity index (χ2v) is 15.5. The topological polar surface area (TPSA) is 61.4 Å². The summed E-state index contributed by atoms with van der Waals surface area (Å²) in [4.78, 5) is 20.8. The lowest BCUT2D eigenvalue weighted by Crippen LogP contribution is -2.04. The Labute approximate surface area is 365 Å². The number of benzene rings is 7. The highest BCUT2D eigenvalue weighted by atomic mass is 15.2. The summed E-state index contributed by atoms with van der Waals surface area (Å²) in [6.07, 6.45) is 6.16.